The lowest BCUT2D eigenvalue weighted by Crippen LogP contribution is -2.41. The molecule has 6 nitrogen and oxygen atoms in total. The first-order valence-electron chi connectivity index (χ1n) is 7.69. The number of hydrogen-bond acceptors (Lipinski definition) is 4. The van der Waals surface area contributed by atoms with Crippen molar-refractivity contribution in [3.63, 3.8) is 0 Å². The molecule has 0 saturated carbocycles. The summed E-state index contributed by atoms with van der Waals surface area (Å²) in [6.45, 7) is 9.14. The second-order valence-electron chi connectivity index (χ2n) is 6.68. The molecule has 0 atom stereocenters. The highest BCUT2D eigenvalue weighted by Crippen LogP contribution is 2.31. The van der Waals surface area contributed by atoms with E-state index in [1.807, 2.05) is 39.8 Å². The number of carbonyl (C=O) groups is 2. The van der Waals surface area contributed by atoms with Crippen molar-refractivity contribution in [2.24, 2.45) is 5.10 Å². The molecule has 1 rings (SSSR count). The second kappa shape index (κ2) is 9.33. The van der Waals surface area contributed by atoms with Crippen LogP contribution in [0.15, 0.2) is 26.2 Å². The maximum Gasteiger partial charge on any atom is 0.277 e. The van der Waals surface area contributed by atoms with Crippen molar-refractivity contribution in [3.05, 3.63) is 26.6 Å². The SMILES string of the molecule is C/C(CC(=O)NC(C)(C)C)=N\NC(=O)COc1cc(C)c(Br)cc1Br. The monoisotopic (exact) mass is 475 g/mol. The quantitative estimate of drug-likeness (QED) is 0.485. The van der Waals surface area contributed by atoms with E-state index in [1.54, 1.807) is 6.92 Å². The molecule has 138 valence electrons. The number of aryl methyl sites for hydroxylation is 1. The average Bonchev–Trinajstić information content (AvgIpc) is 2.45. The zero-order valence-electron chi connectivity index (χ0n) is 15.0. The largest absolute Gasteiger partial charge is 0.483 e. The van der Waals surface area contributed by atoms with Crippen LogP contribution in [0.5, 0.6) is 5.75 Å². The normalized spacial score (nSPS) is 11.9. The van der Waals surface area contributed by atoms with Crippen LogP contribution in [-0.4, -0.2) is 29.7 Å². The van der Waals surface area contributed by atoms with Crippen LogP contribution in [0.4, 0.5) is 0 Å². The molecule has 0 saturated heterocycles. The summed E-state index contributed by atoms with van der Waals surface area (Å²) in [6, 6.07) is 3.69. The Hall–Kier alpha value is -1.41. The van der Waals surface area contributed by atoms with Crippen LogP contribution in [0.3, 0.4) is 0 Å². The van der Waals surface area contributed by atoms with Crippen LogP contribution in [0, 0.1) is 6.92 Å². The first kappa shape index (κ1) is 21.6. The Morgan fingerprint density at radius 3 is 2.40 bits per heavy atom. The summed E-state index contributed by atoms with van der Waals surface area (Å²) in [4.78, 5) is 23.6. The summed E-state index contributed by atoms with van der Waals surface area (Å²) in [6.07, 6.45) is 0.121. The number of benzene rings is 1. The van der Waals surface area contributed by atoms with Crippen molar-refractivity contribution >= 4 is 49.4 Å². The van der Waals surface area contributed by atoms with Crippen LogP contribution in [-0.2, 0) is 9.59 Å². The molecule has 25 heavy (non-hydrogen) atoms. The third-order valence-corrected chi connectivity index (χ3v) is 4.35. The summed E-state index contributed by atoms with van der Waals surface area (Å²) >= 11 is 6.81. The van der Waals surface area contributed by atoms with E-state index in [4.69, 9.17) is 4.74 Å². The Balaban J connectivity index is 2.49. The Kier molecular flexibility index (Phi) is 8.08. The molecule has 0 bridgehead atoms. The molecule has 1 aromatic rings. The van der Waals surface area contributed by atoms with E-state index < -0.39 is 5.91 Å². The third kappa shape index (κ3) is 8.49. The van der Waals surface area contributed by atoms with Gasteiger partial charge in [-0.2, -0.15) is 5.10 Å². The number of halogens is 2. The predicted molar refractivity (Wildman–Crippen MR) is 106 cm³/mol. The lowest BCUT2D eigenvalue weighted by atomic mass is 10.1. The number of hydrogen-bond donors (Lipinski definition) is 2. The van der Waals surface area contributed by atoms with Crippen molar-refractivity contribution in [2.45, 2.75) is 46.6 Å². The minimum absolute atomic E-state index is 0.121. The fraction of sp³-hybridized carbons (Fsp3) is 0.471. The molecule has 0 aliphatic rings. The predicted octanol–water partition coefficient (Wildman–Crippen LogP) is 3.70. The van der Waals surface area contributed by atoms with Gasteiger partial charge >= 0.3 is 0 Å². The van der Waals surface area contributed by atoms with Crippen LogP contribution in [0.2, 0.25) is 0 Å². The van der Waals surface area contributed by atoms with Crippen LogP contribution >= 0.6 is 31.9 Å². The molecular weight excluding hydrogens is 454 g/mol. The van der Waals surface area contributed by atoms with E-state index in [0.29, 0.717) is 11.5 Å². The van der Waals surface area contributed by atoms with Gasteiger partial charge in [0, 0.05) is 15.7 Å². The molecule has 1 aromatic carbocycles. The molecular formula is C17H23Br2N3O3. The van der Waals surface area contributed by atoms with Gasteiger partial charge in [-0.3, -0.25) is 9.59 Å². The Labute approximate surface area is 165 Å². The summed E-state index contributed by atoms with van der Waals surface area (Å²) < 4.78 is 7.18. The van der Waals surface area contributed by atoms with Crippen molar-refractivity contribution in [3.8, 4) is 5.75 Å². The second-order valence-corrected chi connectivity index (χ2v) is 8.39. The molecule has 2 amide bonds. The highest BCUT2D eigenvalue weighted by molar-refractivity contribution is 9.11. The third-order valence-electron chi connectivity index (χ3n) is 2.87. The number of carbonyl (C=O) groups excluding carboxylic acids is 2. The van der Waals surface area contributed by atoms with E-state index in [1.165, 1.54) is 0 Å². The van der Waals surface area contributed by atoms with Gasteiger partial charge in [0.05, 0.1) is 10.9 Å². The Morgan fingerprint density at radius 1 is 1.16 bits per heavy atom. The number of rotatable bonds is 6. The van der Waals surface area contributed by atoms with Crippen LogP contribution in [0.25, 0.3) is 0 Å². The number of hydrazone groups is 1. The van der Waals surface area contributed by atoms with E-state index in [9.17, 15) is 9.59 Å². The van der Waals surface area contributed by atoms with Crippen LogP contribution in [0.1, 0.15) is 39.7 Å². The fourth-order valence-electron chi connectivity index (χ4n) is 1.81. The van der Waals surface area contributed by atoms with Gasteiger partial charge in [-0.05, 0) is 68.2 Å². The number of ether oxygens (including phenoxy) is 1. The standard InChI is InChI=1S/C17H23Br2N3O3/c1-10-6-14(13(19)8-12(10)18)25-9-16(24)22-21-11(2)7-15(23)20-17(3,4)5/h6,8H,7,9H2,1-5H3,(H,20,23)(H,22,24)/b21-11+. The van der Waals surface area contributed by atoms with Crippen molar-refractivity contribution in [2.75, 3.05) is 6.61 Å². The van der Waals surface area contributed by atoms with Gasteiger partial charge in [0.25, 0.3) is 5.91 Å². The van der Waals surface area contributed by atoms with Gasteiger partial charge in [-0.15, -0.1) is 0 Å². The zero-order valence-corrected chi connectivity index (χ0v) is 18.2. The van der Waals surface area contributed by atoms with Gasteiger partial charge < -0.3 is 10.1 Å². The summed E-state index contributed by atoms with van der Waals surface area (Å²) in [5.41, 5.74) is 3.59. The van der Waals surface area contributed by atoms with Crippen molar-refractivity contribution < 1.29 is 14.3 Å². The molecule has 0 radical (unpaired) electrons. The van der Waals surface area contributed by atoms with E-state index in [0.717, 1.165) is 14.5 Å². The number of nitrogens with one attached hydrogen (secondary N) is 2. The highest BCUT2D eigenvalue weighted by Gasteiger charge is 2.14. The summed E-state index contributed by atoms with van der Waals surface area (Å²) in [7, 11) is 0. The molecule has 0 fully saturated rings. The molecule has 0 aliphatic heterocycles. The minimum Gasteiger partial charge on any atom is -0.483 e. The lowest BCUT2D eigenvalue weighted by Gasteiger charge is -2.20. The van der Waals surface area contributed by atoms with E-state index in [2.05, 4.69) is 47.7 Å². The molecule has 8 heteroatoms. The van der Waals surface area contributed by atoms with Gasteiger partial charge in [0.2, 0.25) is 5.91 Å². The van der Waals surface area contributed by atoms with Crippen molar-refractivity contribution in [1.29, 1.82) is 0 Å². The fourth-order valence-corrected chi connectivity index (χ4v) is 2.92. The first-order chi connectivity index (χ1) is 11.5. The molecule has 0 aromatic heterocycles. The Morgan fingerprint density at radius 2 is 1.80 bits per heavy atom. The van der Waals surface area contributed by atoms with Crippen LogP contribution < -0.4 is 15.5 Å². The molecule has 0 aliphatic carbocycles. The van der Waals surface area contributed by atoms with Gasteiger partial charge in [-0.1, -0.05) is 15.9 Å². The molecule has 0 unspecified atom stereocenters. The average molecular weight is 477 g/mol. The molecule has 0 spiro atoms. The zero-order chi connectivity index (χ0) is 19.2. The van der Waals surface area contributed by atoms with Gasteiger partial charge in [0.1, 0.15) is 5.75 Å². The highest BCUT2D eigenvalue weighted by atomic mass is 79.9. The Bertz CT molecular complexity index is 682. The van der Waals surface area contributed by atoms with E-state index in [-0.39, 0.29) is 24.5 Å². The smallest absolute Gasteiger partial charge is 0.277 e. The minimum atomic E-state index is -0.400. The molecule has 0 heterocycles. The lowest BCUT2D eigenvalue weighted by molar-refractivity contribution is -0.123. The summed E-state index contributed by atoms with van der Waals surface area (Å²) in [5.74, 6) is 0.0256. The topological polar surface area (TPSA) is 79.8 Å². The number of amides is 2. The van der Waals surface area contributed by atoms with Gasteiger partial charge in [-0.25, -0.2) is 5.43 Å². The maximum atomic E-state index is 11.8. The van der Waals surface area contributed by atoms with Gasteiger partial charge in [0.15, 0.2) is 6.61 Å². The molecule has 2 N–H and O–H groups in total. The first-order valence-corrected chi connectivity index (χ1v) is 9.28. The van der Waals surface area contributed by atoms with Crippen molar-refractivity contribution in [1.82, 2.24) is 10.7 Å². The maximum absolute atomic E-state index is 11.8. The van der Waals surface area contributed by atoms with E-state index >= 15 is 0 Å². The number of nitrogens with zero attached hydrogens (tertiary/aromatic N) is 1. The summed E-state index contributed by atoms with van der Waals surface area (Å²) in [5, 5.41) is 6.75.